The van der Waals surface area contributed by atoms with E-state index in [1.54, 1.807) is 0 Å². The highest BCUT2D eigenvalue weighted by atomic mass is 35.5. The van der Waals surface area contributed by atoms with Gasteiger partial charge in [0.15, 0.2) is 0 Å². The van der Waals surface area contributed by atoms with E-state index in [4.69, 9.17) is 5.73 Å². The summed E-state index contributed by atoms with van der Waals surface area (Å²) >= 11 is 0. The zero-order valence-corrected chi connectivity index (χ0v) is 11.8. The fourth-order valence-corrected chi connectivity index (χ4v) is 3.20. The number of rotatable bonds is 3. The fraction of sp³-hybridized carbons (Fsp3) is 0.923. The first-order valence-corrected chi connectivity index (χ1v) is 6.58. The second-order valence-electron chi connectivity index (χ2n) is 6.03. The van der Waals surface area contributed by atoms with Crippen molar-refractivity contribution in [3.63, 3.8) is 0 Å². The van der Waals surface area contributed by atoms with Gasteiger partial charge in [0.1, 0.15) is 0 Å². The van der Waals surface area contributed by atoms with Crippen LogP contribution < -0.4 is 5.73 Å². The Morgan fingerprint density at radius 3 is 2.47 bits per heavy atom. The van der Waals surface area contributed by atoms with Crippen LogP contribution in [0.4, 0.5) is 0 Å². The monoisotopic (exact) mass is 260 g/mol. The SMILES string of the molecule is CC(C)CC1(C(=O)N2CC[C@@H](N)C2)CCC1.Cl. The average Bonchev–Trinajstić information content (AvgIpc) is 2.57. The summed E-state index contributed by atoms with van der Waals surface area (Å²) in [4.78, 5) is 14.5. The normalized spacial score (nSPS) is 26.6. The van der Waals surface area contributed by atoms with Gasteiger partial charge in [-0.1, -0.05) is 20.3 Å². The van der Waals surface area contributed by atoms with Crippen molar-refractivity contribution in [2.75, 3.05) is 13.1 Å². The highest BCUT2D eigenvalue weighted by molar-refractivity contribution is 5.85. The van der Waals surface area contributed by atoms with Crippen molar-refractivity contribution in [1.82, 2.24) is 4.90 Å². The lowest BCUT2D eigenvalue weighted by Gasteiger charge is -2.44. The molecule has 1 aliphatic carbocycles. The molecule has 0 bridgehead atoms. The van der Waals surface area contributed by atoms with Gasteiger partial charge in [-0.15, -0.1) is 12.4 Å². The minimum atomic E-state index is -0.0156. The molecule has 1 aliphatic heterocycles. The molecule has 1 saturated carbocycles. The van der Waals surface area contributed by atoms with E-state index < -0.39 is 0 Å². The number of nitrogens with zero attached hydrogens (tertiary/aromatic N) is 1. The number of carbonyl (C=O) groups is 1. The Kier molecular flexibility index (Phi) is 4.85. The first-order valence-electron chi connectivity index (χ1n) is 6.58. The summed E-state index contributed by atoms with van der Waals surface area (Å²) < 4.78 is 0. The Labute approximate surface area is 111 Å². The molecular formula is C13H25ClN2O. The Balaban J connectivity index is 0.00000144. The van der Waals surface area contributed by atoms with Crippen molar-refractivity contribution >= 4 is 18.3 Å². The van der Waals surface area contributed by atoms with Gasteiger partial charge in [0.05, 0.1) is 0 Å². The minimum Gasteiger partial charge on any atom is -0.341 e. The van der Waals surface area contributed by atoms with Crippen LogP contribution in [0.3, 0.4) is 0 Å². The zero-order valence-electron chi connectivity index (χ0n) is 10.9. The standard InChI is InChI=1S/C13H24N2O.ClH/c1-10(2)8-13(5-3-6-13)12(16)15-7-4-11(14)9-15;/h10-11H,3-9,14H2,1-2H3;1H/t11-;/m1./s1. The second-order valence-corrected chi connectivity index (χ2v) is 6.03. The van der Waals surface area contributed by atoms with Gasteiger partial charge in [0.2, 0.25) is 5.91 Å². The topological polar surface area (TPSA) is 46.3 Å². The quantitative estimate of drug-likeness (QED) is 0.846. The molecule has 2 fully saturated rings. The van der Waals surface area contributed by atoms with Crippen molar-refractivity contribution in [3.8, 4) is 0 Å². The first-order chi connectivity index (χ1) is 7.53. The Morgan fingerprint density at radius 1 is 1.47 bits per heavy atom. The first kappa shape index (κ1) is 14.8. The van der Waals surface area contributed by atoms with Crippen molar-refractivity contribution in [2.45, 2.75) is 52.0 Å². The maximum atomic E-state index is 12.5. The summed E-state index contributed by atoms with van der Waals surface area (Å²) in [7, 11) is 0. The van der Waals surface area contributed by atoms with Crippen LogP contribution in [0.1, 0.15) is 46.0 Å². The molecule has 0 aromatic heterocycles. The van der Waals surface area contributed by atoms with Crippen LogP contribution >= 0.6 is 12.4 Å². The summed E-state index contributed by atoms with van der Waals surface area (Å²) in [5, 5.41) is 0. The van der Waals surface area contributed by atoms with Crippen LogP contribution in [0.5, 0.6) is 0 Å². The number of hydrogen-bond acceptors (Lipinski definition) is 2. The Hall–Kier alpha value is -0.280. The average molecular weight is 261 g/mol. The predicted octanol–water partition coefficient (Wildman–Crippen LogP) is 2.18. The molecule has 100 valence electrons. The smallest absolute Gasteiger partial charge is 0.228 e. The number of nitrogens with two attached hydrogens (primary N) is 1. The van der Waals surface area contributed by atoms with Gasteiger partial charge < -0.3 is 10.6 Å². The molecule has 0 unspecified atom stereocenters. The van der Waals surface area contributed by atoms with E-state index in [0.29, 0.717) is 11.8 Å². The van der Waals surface area contributed by atoms with Crippen LogP contribution in [0.25, 0.3) is 0 Å². The third-order valence-electron chi connectivity index (χ3n) is 4.08. The molecule has 1 saturated heterocycles. The third kappa shape index (κ3) is 2.94. The highest BCUT2D eigenvalue weighted by Crippen LogP contribution is 2.47. The zero-order chi connectivity index (χ0) is 11.8. The van der Waals surface area contributed by atoms with E-state index in [1.807, 2.05) is 4.90 Å². The van der Waals surface area contributed by atoms with E-state index in [2.05, 4.69) is 13.8 Å². The molecule has 0 aromatic rings. The molecular weight excluding hydrogens is 236 g/mol. The van der Waals surface area contributed by atoms with Crippen molar-refractivity contribution < 1.29 is 4.79 Å². The third-order valence-corrected chi connectivity index (χ3v) is 4.08. The molecule has 1 heterocycles. The fourth-order valence-electron chi connectivity index (χ4n) is 3.20. The Morgan fingerprint density at radius 2 is 2.12 bits per heavy atom. The maximum absolute atomic E-state index is 12.5. The van der Waals surface area contributed by atoms with E-state index in [0.717, 1.165) is 38.8 Å². The number of amides is 1. The molecule has 4 heteroatoms. The summed E-state index contributed by atoms with van der Waals surface area (Å²) in [5.41, 5.74) is 5.86. The van der Waals surface area contributed by atoms with Crippen LogP contribution in [-0.2, 0) is 4.79 Å². The lowest BCUT2D eigenvalue weighted by molar-refractivity contribution is -0.147. The van der Waals surface area contributed by atoms with Gasteiger partial charge in [0, 0.05) is 24.5 Å². The van der Waals surface area contributed by atoms with Crippen LogP contribution in [0, 0.1) is 11.3 Å². The minimum absolute atomic E-state index is 0. The van der Waals surface area contributed by atoms with Crippen molar-refractivity contribution in [3.05, 3.63) is 0 Å². The molecule has 2 N–H and O–H groups in total. The maximum Gasteiger partial charge on any atom is 0.228 e. The molecule has 1 atom stereocenters. The molecule has 17 heavy (non-hydrogen) atoms. The van der Waals surface area contributed by atoms with Crippen LogP contribution in [-0.4, -0.2) is 29.9 Å². The summed E-state index contributed by atoms with van der Waals surface area (Å²) in [6, 6.07) is 0.208. The molecule has 1 amide bonds. The van der Waals surface area contributed by atoms with Crippen molar-refractivity contribution in [2.24, 2.45) is 17.1 Å². The van der Waals surface area contributed by atoms with Gasteiger partial charge in [-0.3, -0.25) is 4.79 Å². The lowest BCUT2D eigenvalue weighted by atomic mass is 9.63. The summed E-state index contributed by atoms with van der Waals surface area (Å²) in [5.74, 6) is 1.00. The van der Waals surface area contributed by atoms with Gasteiger partial charge in [-0.05, 0) is 31.6 Å². The Bertz CT molecular complexity index is 277. The second kappa shape index (κ2) is 5.57. The number of carbonyl (C=O) groups excluding carboxylic acids is 1. The lowest BCUT2D eigenvalue weighted by Crippen LogP contribution is -2.48. The van der Waals surface area contributed by atoms with Crippen molar-refractivity contribution in [1.29, 1.82) is 0 Å². The van der Waals surface area contributed by atoms with Gasteiger partial charge in [0.25, 0.3) is 0 Å². The molecule has 2 rings (SSSR count). The molecule has 0 aromatic carbocycles. The molecule has 0 radical (unpaired) electrons. The number of hydrogen-bond donors (Lipinski definition) is 1. The largest absolute Gasteiger partial charge is 0.341 e. The van der Waals surface area contributed by atoms with Crippen LogP contribution in [0.15, 0.2) is 0 Å². The summed E-state index contributed by atoms with van der Waals surface area (Å²) in [6.07, 6.45) is 5.44. The van der Waals surface area contributed by atoms with E-state index in [-0.39, 0.29) is 23.9 Å². The predicted molar refractivity (Wildman–Crippen MR) is 72.2 cm³/mol. The molecule has 0 spiro atoms. The van der Waals surface area contributed by atoms with Crippen LogP contribution in [0.2, 0.25) is 0 Å². The van der Waals surface area contributed by atoms with Gasteiger partial charge in [-0.2, -0.15) is 0 Å². The van der Waals surface area contributed by atoms with Gasteiger partial charge in [-0.25, -0.2) is 0 Å². The van der Waals surface area contributed by atoms with E-state index >= 15 is 0 Å². The number of halogens is 1. The highest BCUT2D eigenvalue weighted by Gasteiger charge is 2.47. The molecule has 3 nitrogen and oxygen atoms in total. The molecule has 2 aliphatic rings. The van der Waals surface area contributed by atoms with E-state index in [1.165, 1.54) is 6.42 Å². The van der Waals surface area contributed by atoms with Gasteiger partial charge >= 0.3 is 0 Å². The number of likely N-dealkylation sites (tertiary alicyclic amines) is 1. The van der Waals surface area contributed by atoms with E-state index in [9.17, 15) is 4.79 Å². The summed E-state index contributed by atoms with van der Waals surface area (Å²) in [6.45, 7) is 6.07.